The molecule has 0 saturated heterocycles. The fourth-order valence-electron chi connectivity index (χ4n) is 1.79. The number of rotatable bonds is 6. The summed E-state index contributed by atoms with van der Waals surface area (Å²) < 4.78 is 6.56. The number of nitrogens with zero attached hydrogens (tertiary/aromatic N) is 1. The molecule has 1 aliphatic heterocycles. The van der Waals surface area contributed by atoms with Gasteiger partial charge >= 0.3 is 6.09 Å². The summed E-state index contributed by atoms with van der Waals surface area (Å²) in [4.78, 5) is 15.6. The average molecular weight is 343 g/mol. The second-order valence-corrected chi connectivity index (χ2v) is 5.17. The molecule has 1 aliphatic rings. The van der Waals surface area contributed by atoms with Crippen molar-refractivity contribution in [3.63, 3.8) is 0 Å². The summed E-state index contributed by atoms with van der Waals surface area (Å²) in [6.45, 7) is 0.722. The molecule has 0 bridgehead atoms. The molecule has 0 radical (unpaired) electrons. The lowest BCUT2D eigenvalue weighted by Gasteiger charge is -2.10. The number of hydrogen-bond acceptors (Lipinski definition) is 4. The molecule has 1 atom stereocenters. The molecule has 0 aromatic heterocycles. The van der Waals surface area contributed by atoms with E-state index in [2.05, 4.69) is 26.4 Å². The van der Waals surface area contributed by atoms with E-state index in [9.17, 15) is 4.79 Å². The van der Waals surface area contributed by atoms with Crippen molar-refractivity contribution in [3.8, 4) is 5.75 Å². The van der Waals surface area contributed by atoms with Crippen molar-refractivity contribution in [2.45, 2.75) is 18.9 Å². The van der Waals surface area contributed by atoms with Gasteiger partial charge in [-0.2, -0.15) is 0 Å². The van der Waals surface area contributed by atoms with E-state index in [0.717, 1.165) is 10.2 Å². The van der Waals surface area contributed by atoms with E-state index < -0.39 is 6.09 Å². The van der Waals surface area contributed by atoms with Crippen LogP contribution < -0.4 is 10.1 Å². The molecule has 6 nitrogen and oxygen atoms in total. The van der Waals surface area contributed by atoms with E-state index in [1.165, 1.54) is 0 Å². The Morgan fingerprint density at radius 1 is 1.55 bits per heavy atom. The van der Waals surface area contributed by atoms with Crippen molar-refractivity contribution < 1.29 is 19.5 Å². The predicted octanol–water partition coefficient (Wildman–Crippen LogP) is 2.63. The molecule has 0 spiro atoms. The molecule has 1 aromatic rings. The molecule has 20 heavy (non-hydrogen) atoms. The van der Waals surface area contributed by atoms with Crippen LogP contribution in [0.1, 0.15) is 12.8 Å². The summed E-state index contributed by atoms with van der Waals surface area (Å²) in [5.41, 5.74) is 0.707. The Labute approximate surface area is 124 Å². The Bertz CT molecular complexity index is 507. The Morgan fingerprint density at radius 3 is 3.10 bits per heavy atom. The van der Waals surface area contributed by atoms with Crippen LogP contribution in [0.3, 0.4) is 0 Å². The highest BCUT2D eigenvalue weighted by atomic mass is 79.9. The third-order valence-electron chi connectivity index (χ3n) is 2.77. The fourth-order valence-corrected chi connectivity index (χ4v) is 2.18. The molecular weight excluding hydrogens is 328 g/mol. The smallest absolute Gasteiger partial charge is 0.404 e. The van der Waals surface area contributed by atoms with E-state index in [1.54, 1.807) is 0 Å². The molecule has 0 aliphatic carbocycles. The summed E-state index contributed by atoms with van der Waals surface area (Å²) in [5.74, 6) is 0.791. The zero-order valence-electron chi connectivity index (χ0n) is 10.7. The van der Waals surface area contributed by atoms with Crippen LogP contribution in [0.4, 0.5) is 4.79 Å². The van der Waals surface area contributed by atoms with Crippen LogP contribution >= 0.6 is 15.9 Å². The maximum atomic E-state index is 10.4. The number of carboxylic acid groups (broad SMARTS) is 1. The SMILES string of the molecule is O=C(O)NCC1=NOC(CCOc2ccccc2Br)C1. The first-order valence-electron chi connectivity index (χ1n) is 6.21. The molecule has 0 saturated carbocycles. The van der Waals surface area contributed by atoms with Gasteiger partial charge in [0.2, 0.25) is 0 Å². The number of hydrogen-bond donors (Lipinski definition) is 2. The molecule has 1 amide bonds. The molecule has 2 rings (SSSR count). The number of ether oxygens (including phenoxy) is 1. The predicted molar refractivity (Wildman–Crippen MR) is 77.2 cm³/mol. The molecule has 1 heterocycles. The van der Waals surface area contributed by atoms with Gasteiger partial charge in [-0.3, -0.25) is 0 Å². The van der Waals surface area contributed by atoms with E-state index in [1.807, 2.05) is 24.3 Å². The quantitative estimate of drug-likeness (QED) is 0.832. The first-order valence-corrected chi connectivity index (χ1v) is 7.00. The van der Waals surface area contributed by atoms with Gasteiger partial charge in [0.25, 0.3) is 0 Å². The van der Waals surface area contributed by atoms with Crippen LogP contribution in [0.25, 0.3) is 0 Å². The number of benzene rings is 1. The van der Waals surface area contributed by atoms with Gasteiger partial charge in [0, 0.05) is 12.8 Å². The van der Waals surface area contributed by atoms with Gasteiger partial charge in [-0.25, -0.2) is 4.79 Å². The van der Waals surface area contributed by atoms with E-state index in [0.29, 0.717) is 25.2 Å². The van der Waals surface area contributed by atoms with Crippen molar-refractivity contribution >= 4 is 27.7 Å². The van der Waals surface area contributed by atoms with Gasteiger partial charge < -0.3 is 20.0 Å². The Balaban J connectivity index is 1.67. The first-order chi connectivity index (χ1) is 9.65. The molecule has 2 N–H and O–H groups in total. The van der Waals surface area contributed by atoms with Crippen molar-refractivity contribution in [2.24, 2.45) is 5.16 Å². The Kier molecular flexibility index (Phi) is 5.23. The number of nitrogens with one attached hydrogen (secondary N) is 1. The lowest BCUT2D eigenvalue weighted by atomic mass is 10.1. The standard InChI is InChI=1S/C13H15BrN2O4/c14-11-3-1-2-4-12(11)19-6-5-10-7-9(16-20-10)8-15-13(17)18/h1-4,10,15H,5-8H2,(H,17,18). The minimum absolute atomic E-state index is 0.0527. The summed E-state index contributed by atoms with van der Waals surface area (Å²) in [6, 6.07) is 7.63. The van der Waals surface area contributed by atoms with Gasteiger partial charge in [0.15, 0.2) is 0 Å². The van der Waals surface area contributed by atoms with Gasteiger partial charge in [-0.15, -0.1) is 0 Å². The van der Waals surface area contributed by atoms with Crippen LogP contribution in [0.5, 0.6) is 5.75 Å². The highest BCUT2D eigenvalue weighted by Crippen LogP contribution is 2.24. The van der Waals surface area contributed by atoms with Crippen molar-refractivity contribution in [1.82, 2.24) is 5.32 Å². The third-order valence-corrected chi connectivity index (χ3v) is 3.43. The molecular formula is C13H15BrN2O4. The summed E-state index contributed by atoms with van der Waals surface area (Å²) in [7, 11) is 0. The number of oxime groups is 1. The van der Waals surface area contributed by atoms with Crippen LogP contribution in [-0.2, 0) is 4.84 Å². The maximum Gasteiger partial charge on any atom is 0.404 e. The minimum atomic E-state index is -1.06. The lowest BCUT2D eigenvalue weighted by Crippen LogP contribution is -2.27. The topological polar surface area (TPSA) is 80.2 Å². The first kappa shape index (κ1) is 14.6. The second kappa shape index (κ2) is 7.14. The van der Waals surface area contributed by atoms with Gasteiger partial charge in [0.1, 0.15) is 11.9 Å². The van der Waals surface area contributed by atoms with Crippen molar-refractivity contribution in [1.29, 1.82) is 0 Å². The van der Waals surface area contributed by atoms with Crippen LogP contribution in [-0.4, -0.2) is 36.2 Å². The average Bonchev–Trinajstić information content (AvgIpc) is 2.87. The molecule has 7 heteroatoms. The fraction of sp³-hybridized carbons (Fsp3) is 0.385. The molecule has 1 aromatic carbocycles. The largest absolute Gasteiger partial charge is 0.492 e. The second-order valence-electron chi connectivity index (χ2n) is 4.32. The number of halogens is 1. The van der Waals surface area contributed by atoms with Gasteiger partial charge in [-0.05, 0) is 28.1 Å². The highest BCUT2D eigenvalue weighted by Gasteiger charge is 2.21. The van der Waals surface area contributed by atoms with E-state index >= 15 is 0 Å². The van der Waals surface area contributed by atoms with Crippen LogP contribution in [0.2, 0.25) is 0 Å². The lowest BCUT2D eigenvalue weighted by molar-refractivity contribution is 0.0674. The number of carbonyl (C=O) groups is 1. The molecule has 108 valence electrons. The summed E-state index contributed by atoms with van der Waals surface area (Å²) >= 11 is 3.41. The maximum absolute atomic E-state index is 10.4. The van der Waals surface area contributed by atoms with E-state index in [-0.39, 0.29) is 12.6 Å². The number of para-hydroxylation sites is 1. The monoisotopic (exact) mass is 342 g/mol. The Morgan fingerprint density at radius 2 is 2.35 bits per heavy atom. The molecule has 1 unspecified atom stereocenters. The van der Waals surface area contributed by atoms with Crippen molar-refractivity contribution in [3.05, 3.63) is 28.7 Å². The molecule has 0 fully saturated rings. The normalized spacial score (nSPS) is 17.2. The van der Waals surface area contributed by atoms with Crippen LogP contribution in [0, 0.1) is 0 Å². The van der Waals surface area contributed by atoms with Crippen LogP contribution in [0.15, 0.2) is 33.9 Å². The Hall–Kier alpha value is -1.76. The van der Waals surface area contributed by atoms with Gasteiger partial charge in [-0.1, -0.05) is 17.3 Å². The zero-order valence-corrected chi connectivity index (χ0v) is 12.3. The number of amides is 1. The van der Waals surface area contributed by atoms with Gasteiger partial charge in [0.05, 0.1) is 23.3 Å². The zero-order chi connectivity index (χ0) is 14.4. The van der Waals surface area contributed by atoms with E-state index in [4.69, 9.17) is 14.7 Å². The minimum Gasteiger partial charge on any atom is -0.492 e. The summed E-state index contributed by atoms with van der Waals surface area (Å²) in [6.07, 6.45) is 0.206. The third kappa shape index (κ3) is 4.41. The summed E-state index contributed by atoms with van der Waals surface area (Å²) in [5, 5.41) is 14.6. The highest BCUT2D eigenvalue weighted by molar-refractivity contribution is 9.10. The van der Waals surface area contributed by atoms with Crippen molar-refractivity contribution in [2.75, 3.05) is 13.2 Å².